The van der Waals surface area contributed by atoms with Gasteiger partial charge in [-0.1, -0.05) is 30.7 Å². The largest absolute Gasteiger partial charge is 0.383 e. The van der Waals surface area contributed by atoms with Gasteiger partial charge in [-0.05, 0) is 47.7 Å². The molecule has 32 heavy (non-hydrogen) atoms. The van der Waals surface area contributed by atoms with Gasteiger partial charge in [0.2, 0.25) is 5.91 Å². The summed E-state index contributed by atoms with van der Waals surface area (Å²) in [5.41, 5.74) is 7.79. The highest BCUT2D eigenvalue weighted by Gasteiger charge is 2.33. The number of rotatable bonds is 5. The first kappa shape index (κ1) is 21.1. The van der Waals surface area contributed by atoms with Gasteiger partial charge < -0.3 is 10.6 Å². The lowest BCUT2D eigenvalue weighted by Crippen LogP contribution is -2.55. The number of nitrogen functional groups attached to an aromatic ring is 1. The summed E-state index contributed by atoms with van der Waals surface area (Å²) in [5.74, 6) is 0.658. The van der Waals surface area contributed by atoms with Crippen molar-refractivity contribution < 1.29 is 4.79 Å². The van der Waals surface area contributed by atoms with Crippen molar-refractivity contribution in [3.05, 3.63) is 64.3 Å². The van der Waals surface area contributed by atoms with Gasteiger partial charge in [0.05, 0.1) is 11.6 Å². The molecule has 0 radical (unpaired) electrons. The van der Waals surface area contributed by atoms with Crippen molar-refractivity contribution in [3.63, 3.8) is 0 Å². The Morgan fingerprint density at radius 2 is 2.00 bits per heavy atom. The van der Waals surface area contributed by atoms with Crippen LogP contribution in [0.15, 0.2) is 48.8 Å². The van der Waals surface area contributed by atoms with Crippen LogP contribution in [-0.2, 0) is 17.9 Å². The molecule has 1 saturated heterocycles. The maximum atomic E-state index is 13.3. The second-order valence-corrected chi connectivity index (χ2v) is 9.76. The van der Waals surface area contributed by atoms with E-state index in [1.165, 1.54) is 21.3 Å². The molecule has 1 amide bonds. The van der Waals surface area contributed by atoms with E-state index in [1.807, 2.05) is 35.2 Å². The lowest BCUT2D eigenvalue weighted by Gasteiger charge is -2.40. The predicted octanol–water partition coefficient (Wildman–Crippen LogP) is 4.70. The number of nitrogens with two attached hydrogens (primary N) is 1. The molecule has 0 aliphatic carbocycles. The molecule has 164 valence electrons. The van der Waals surface area contributed by atoms with Crippen molar-refractivity contribution in [2.24, 2.45) is 0 Å². The number of carbonyl (C=O) groups is 1. The Balaban J connectivity index is 1.31. The summed E-state index contributed by atoms with van der Waals surface area (Å²) in [6, 6.07) is 14.0. The van der Waals surface area contributed by atoms with Crippen molar-refractivity contribution in [2.45, 2.75) is 32.5 Å². The van der Waals surface area contributed by atoms with Crippen LogP contribution in [0.3, 0.4) is 0 Å². The zero-order valence-corrected chi connectivity index (χ0v) is 19.4. The van der Waals surface area contributed by atoms with E-state index < -0.39 is 0 Å². The average molecular weight is 466 g/mol. The van der Waals surface area contributed by atoms with Crippen molar-refractivity contribution in [1.29, 1.82) is 0 Å². The second-order valence-electron chi connectivity index (χ2n) is 8.16. The number of nitrogens with zero attached hydrogens (tertiary/aromatic N) is 4. The maximum absolute atomic E-state index is 13.3. The predicted molar refractivity (Wildman–Crippen MR) is 131 cm³/mol. The third-order valence-electron chi connectivity index (χ3n) is 6.08. The zero-order valence-electron chi connectivity index (χ0n) is 17.8. The van der Waals surface area contributed by atoms with Crippen LogP contribution in [0.1, 0.15) is 23.8 Å². The highest BCUT2D eigenvalue weighted by molar-refractivity contribution is 7.19. The summed E-state index contributed by atoms with van der Waals surface area (Å²) in [6.07, 6.45) is 2.26. The number of hydrogen-bond donors (Lipinski definition) is 1. The monoisotopic (exact) mass is 465 g/mol. The minimum absolute atomic E-state index is 0.115. The van der Waals surface area contributed by atoms with Crippen LogP contribution in [0.25, 0.3) is 21.0 Å². The summed E-state index contributed by atoms with van der Waals surface area (Å²) >= 11 is 7.89. The SMILES string of the molecule is CC[C@H]1C(=O)N(Cc2ccc3c(N)ncnc3c2)CCN1Cc1cc2ccc(Cl)cc2s1. The molecule has 0 spiro atoms. The first-order valence-corrected chi connectivity index (χ1v) is 11.9. The Labute approximate surface area is 195 Å². The standard InChI is InChI=1S/C24H24ClN5OS/c1-2-21-24(31)30(12-15-3-6-19-20(9-15)27-14-28-23(19)26)8-7-29(21)13-18-10-16-4-5-17(25)11-22(16)32-18/h3-6,9-11,14,21H,2,7-8,12-13H2,1H3,(H2,26,27,28)/t21-/m0/s1. The summed E-state index contributed by atoms with van der Waals surface area (Å²) < 4.78 is 1.19. The first-order chi connectivity index (χ1) is 15.5. The Bertz CT molecular complexity index is 1310. The van der Waals surface area contributed by atoms with E-state index in [-0.39, 0.29) is 11.9 Å². The molecule has 5 rings (SSSR count). The van der Waals surface area contributed by atoms with Crippen LogP contribution in [0.4, 0.5) is 5.82 Å². The molecule has 1 aliphatic rings. The molecule has 1 atom stereocenters. The summed E-state index contributed by atoms with van der Waals surface area (Å²) in [5, 5.41) is 2.79. The molecular formula is C24H24ClN5OS. The van der Waals surface area contributed by atoms with E-state index in [1.54, 1.807) is 11.3 Å². The van der Waals surface area contributed by atoms with Gasteiger partial charge >= 0.3 is 0 Å². The highest BCUT2D eigenvalue weighted by Crippen LogP contribution is 2.30. The van der Waals surface area contributed by atoms with E-state index in [0.717, 1.165) is 41.0 Å². The molecule has 0 saturated carbocycles. The number of halogens is 1. The molecule has 2 aromatic heterocycles. The van der Waals surface area contributed by atoms with Gasteiger partial charge in [0.15, 0.2) is 0 Å². The number of piperazine rings is 1. The van der Waals surface area contributed by atoms with Crippen molar-refractivity contribution in [2.75, 3.05) is 18.8 Å². The molecule has 8 heteroatoms. The molecule has 3 heterocycles. The van der Waals surface area contributed by atoms with Crippen molar-refractivity contribution in [1.82, 2.24) is 19.8 Å². The molecule has 1 aliphatic heterocycles. The number of amides is 1. The molecule has 0 unspecified atom stereocenters. The van der Waals surface area contributed by atoms with E-state index in [0.29, 0.717) is 18.9 Å². The van der Waals surface area contributed by atoms with Crippen LogP contribution in [0, 0.1) is 0 Å². The number of hydrogen-bond acceptors (Lipinski definition) is 6. The molecule has 2 N–H and O–H groups in total. The number of thiophene rings is 1. The van der Waals surface area contributed by atoms with Crippen molar-refractivity contribution in [3.8, 4) is 0 Å². The van der Waals surface area contributed by atoms with Gasteiger partial charge in [-0.2, -0.15) is 0 Å². The van der Waals surface area contributed by atoms with Crippen LogP contribution in [-0.4, -0.2) is 44.8 Å². The number of fused-ring (bicyclic) bond motifs is 2. The molecule has 4 aromatic rings. The fraction of sp³-hybridized carbons (Fsp3) is 0.292. The Morgan fingerprint density at radius 1 is 1.12 bits per heavy atom. The molecule has 0 bridgehead atoms. The first-order valence-electron chi connectivity index (χ1n) is 10.7. The van der Waals surface area contributed by atoms with Crippen LogP contribution in [0.5, 0.6) is 0 Å². The average Bonchev–Trinajstić information content (AvgIpc) is 3.17. The highest BCUT2D eigenvalue weighted by atomic mass is 35.5. The van der Waals surface area contributed by atoms with Gasteiger partial charge in [-0.25, -0.2) is 9.97 Å². The number of carbonyl (C=O) groups excluding carboxylic acids is 1. The fourth-order valence-electron chi connectivity index (χ4n) is 4.44. The van der Waals surface area contributed by atoms with Gasteiger partial charge in [0.25, 0.3) is 0 Å². The Kier molecular flexibility index (Phi) is 5.71. The molecular weight excluding hydrogens is 442 g/mol. The molecule has 2 aromatic carbocycles. The lowest BCUT2D eigenvalue weighted by atomic mass is 10.1. The Hall–Kier alpha value is -2.74. The number of anilines is 1. The van der Waals surface area contributed by atoms with Crippen LogP contribution >= 0.6 is 22.9 Å². The van der Waals surface area contributed by atoms with Crippen LogP contribution < -0.4 is 5.73 Å². The number of aromatic nitrogens is 2. The maximum Gasteiger partial charge on any atom is 0.240 e. The van der Waals surface area contributed by atoms with Gasteiger partial charge in [-0.3, -0.25) is 9.69 Å². The Morgan fingerprint density at radius 3 is 2.84 bits per heavy atom. The fourth-order valence-corrected chi connectivity index (χ4v) is 5.81. The van der Waals surface area contributed by atoms with E-state index in [2.05, 4.69) is 33.9 Å². The van der Waals surface area contributed by atoms with Gasteiger partial charge in [0.1, 0.15) is 12.1 Å². The van der Waals surface area contributed by atoms with Gasteiger partial charge in [0, 0.05) is 46.2 Å². The zero-order chi connectivity index (χ0) is 22.2. The van der Waals surface area contributed by atoms with E-state index in [4.69, 9.17) is 17.3 Å². The number of benzene rings is 2. The summed E-state index contributed by atoms with van der Waals surface area (Å²) in [6.45, 7) is 4.99. The third kappa shape index (κ3) is 4.03. The van der Waals surface area contributed by atoms with E-state index in [9.17, 15) is 4.79 Å². The summed E-state index contributed by atoms with van der Waals surface area (Å²) in [7, 11) is 0. The summed E-state index contributed by atoms with van der Waals surface area (Å²) in [4.78, 5) is 27.2. The molecule has 6 nitrogen and oxygen atoms in total. The third-order valence-corrected chi connectivity index (χ3v) is 7.40. The van der Waals surface area contributed by atoms with Gasteiger partial charge in [-0.15, -0.1) is 11.3 Å². The molecule has 1 fully saturated rings. The minimum Gasteiger partial charge on any atom is -0.383 e. The normalized spacial score (nSPS) is 17.5. The topological polar surface area (TPSA) is 75.3 Å². The van der Waals surface area contributed by atoms with Crippen LogP contribution in [0.2, 0.25) is 5.02 Å². The minimum atomic E-state index is -0.115. The second kappa shape index (κ2) is 8.65. The lowest BCUT2D eigenvalue weighted by molar-refractivity contribution is -0.143. The van der Waals surface area contributed by atoms with Crippen molar-refractivity contribution >= 4 is 55.7 Å². The van der Waals surface area contributed by atoms with E-state index >= 15 is 0 Å². The smallest absolute Gasteiger partial charge is 0.240 e. The quantitative estimate of drug-likeness (QED) is 0.462.